The molecule has 0 bridgehead atoms. The van der Waals surface area contributed by atoms with Gasteiger partial charge in [-0.2, -0.15) is 39.5 Å². The molecule has 0 spiro atoms. The number of benzene rings is 2. The zero-order valence-corrected chi connectivity index (χ0v) is 14.5. The van der Waals surface area contributed by atoms with Gasteiger partial charge in [0.25, 0.3) is 0 Å². The Kier molecular flexibility index (Phi) is 6.48. The molecule has 2 aromatic rings. The molecule has 0 heterocycles. The molecule has 2 rings (SSSR count). The van der Waals surface area contributed by atoms with E-state index in [0.717, 1.165) is 0 Å². The molecule has 0 aromatic heterocycles. The number of alkyl halides is 9. The van der Waals surface area contributed by atoms with Gasteiger partial charge in [0.2, 0.25) is 0 Å². The van der Waals surface area contributed by atoms with E-state index in [4.69, 9.17) is 0 Å². The predicted octanol–water partition coefficient (Wildman–Crippen LogP) is 6.04. The summed E-state index contributed by atoms with van der Waals surface area (Å²) >= 11 is 0. The lowest BCUT2D eigenvalue weighted by Gasteiger charge is -2.13. The molecule has 0 unspecified atom stereocenters. The smallest absolute Gasteiger partial charge is 0.313 e. The summed E-state index contributed by atoms with van der Waals surface area (Å²) in [4.78, 5) is 15.9. The number of rotatable bonds is 4. The van der Waals surface area contributed by atoms with E-state index in [0.29, 0.717) is 0 Å². The molecule has 0 radical (unpaired) electrons. The zero-order valence-electron chi connectivity index (χ0n) is 14.5. The van der Waals surface area contributed by atoms with Crippen LogP contribution in [0.3, 0.4) is 0 Å². The quantitative estimate of drug-likeness (QED) is 0.250. The average Bonchev–Trinajstić information content (AvgIpc) is 2.63. The molecular weight excluding hydrogens is 433 g/mol. The Morgan fingerprint density at radius 1 is 0.800 bits per heavy atom. The van der Waals surface area contributed by atoms with Crippen molar-refractivity contribution in [3.05, 3.63) is 70.8 Å². The van der Waals surface area contributed by atoms with Gasteiger partial charge in [-0.05, 0) is 23.8 Å². The number of hydrogen-bond acceptors (Lipinski definition) is 3. The van der Waals surface area contributed by atoms with Crippen LogP contribution in [0, 0.1) is 0 Å². The van der Waals surface area contributed by atoms with Crippen LogP contribution >= 0.6 is 0 Å². The first-order valence-electron chi connectivity index (χ1n) is 7.87. The maximum Gasteiger partial charge on any atom is 0.433 e. The van der Waals surface area contributed by atoms with E-state index in [9.17, 15) is 44.3 Å². The van der Waals surface area contributed by atoms with Crippen LogP contribution < -0.4 is 0 Å². The Hall–Kier alpha value is -3.05. The number of nitrogens with zero attached hydrogens (tertiary/aromatic N) is 1. The highest BCUT2D eigenvalue weighted by Gasteiger charge is 2.39. The van der Waals surface area contributed by atoms with E-state index < -0.39 is 53.3 Å². The molecule has 2 aromatic carbocycles. The van der Waals surface area contributed by atoms with Gasteiger partial charge in [-0.1, -0.05) is 35.5 Å². The van der Waals surface area contributed by atoms with Gasteiger partial charge >= 0.3 is 24.5 Å². The van der Waals surface area contributed by atoms with E-state index >= 15 is 0 Å². The van der Waals surface area contributed by atoms with Crippen LogP contribution in [-0.2, 0) is 23.6 Å². The molecule has 0 N–H and O–H groups in total. The topological polar surface area (TPSA) is 38.7 Å². The standard InChI is InChI=1S/C18H10F9NO2/c19-16(20,21)12-7-11(8-13(9-12)17(22,23)24)15(29)30-28-14(18(25,26)27)6-10-4-2-1-3-5-10/h1-5,7-9H,6H2/b28-14-. The number of halogens is 9. The molecule has 12 heteroatoms. The first-order chi connectivity index (χ1) is 13.7. The first kappa shape index (κ1) is 23.2. The fourth-order valence-electron chi connectivity index (χ4n) is 2.20. The van der Waals surface area contributed by atoms with E-state index in [1.165, 1.54) is 30.3 Å². The minimum atomic E-state index is -5.25. The second kappa shape index (κ2) is 8.36. The lowest BCUT2D eigenvalue weighted by Crippen LogP contribution is -2.26. The summed E-state index contributed by atoms with van der Waals surface area (Å²) in [5.41, 5.74) is -6.39. The van der Waals surface area contributed by atoms with Crippen molar-refractivity contribution in [3.8, 4) is 0 Å². The van der Waals surface area contributed by atoms with Crippen molar-refractivity contribution in [3.63, 3.8) is 0 Å². The van der Waals surface area contributed by atoms with E-state index in [2.05, 4.69) is 9.99 Å². The molecule has 0 aliphatic heterocycles. The van der Waals surface area contributed by atoms with Crippen molar-refractivity contribution in [2.24, 2.45) is 5.16 Å². The average molecular weight is 443 g/mol. The third-order valence-electron chi connectivity index (χ3n) is 3.60. The Morgan fingerprint density at radius 2 is 1.30 bits per heavy atom. The maximum absolute atomic E-state index is 13.1. The van der Waals surface area contributed by atoms with Crippen molar-refractivity contribution >= 4 is 11.7 Å². The van der Waals surface area contributed by atoms with E-state index in [1.54, 1.807) is 0 Å². The zero-order chi connectivity index (χ0) is 22.7. The molecule has 0 aliphatic rings. The number of carbonyl (C=O) groups is 1. The highest BCUT2D eigenvalue weighted by Crippen LogP contribution is 2.36. The van der Waals surface area contributed by atoms with Gasteiger partial charge < -0.3 is 4.84 Å². The predicted molar refractivity (Wildman–Crippen MR) is 85.5 cm³/mol. The van der Waals surface area contributed by atoms with Gasteiger partial charge in [0.15, 0.2) is 5.71 Å². The molecule has 30 heavy (non-hydrogen) atoms. The van der Waals surface area contributed by atoms with Crippen LogP contribution in [-0.4, -0.2) is 17.9 Å². The van der Waals surface area contributed by atoms with Gasteiger partial charge in [0, 0.05) is 6.42 Å². The van der Waals surface area contributed by atoms with E-state index in [1.807, 2.05) is 0 Å². The Balaban J connectivity index is 2.37. The van der Waals surface area contributed by atoms with Gasteiger partial charge in [-0.15, -0.1) is 0 Å². The van der Waals surface area contributed by atoms with Crippen molar-refractivity contribution in [2.75, 3.05) is 0 Å². The maximum atomic E-state index is 13.1. The number of oxime groups is 1. The molecule has 0 atom stereocenters. The van der Waals surface area contributed by atoms with Gasteiger partial charge in [-0.25, -0.2) is 4.79 Å². The van der Waals surface area contributed by atoms with Crippen molar-refractivity contribution in [1.82, 2.24) is 0 Å². The van der Waals surface area contributed by atoms with Crippen LogP contribution in [0.25, 0.3) is 0 Å². The van der Waals surface area contributed by atoms with Crippen molar-refractivity contribution < 1.29 is 49.1 Å². The lowest BCUT2D eigenvalue weighted by atomic mass is 10.0. The van der Waals surface area contributed by atoms with Crippen LogP contribution in [0.4, 0.5) is 39.5 Å². The highest BCUT2D eigenvalue weighted by molar-refractivity contribution is 5.94. The molecule has 0 aliphatic carbocycles. The molecular formula is C18H10F9NO2. The first-order valence-corrected chi connectivity index (χ1v) is 7.87. The Bertz CT molecular complexity index is 897. The van der Waals surface area contributed by atoms with Crippen LogP contribution in [0.2, 0.25) is 0 Å². The Morgan fingerprint density at radius 3 is 1.73 bits per heavy atom. The molecule has 0 saturated carbocycles. The summed E-state index contributed by atoms with van der Waals surface area (Å²) in [5.74, 6) is -1.92. The van der Waals surface area contributed by atoms with Crippen LogP contribution in [0.15, 0.2) is 53.7 Å². The van der Waals surface area contributed by atoms with Gasteiger partial charge in [-0.3, -0.25) is 0 Å². The molecule has 162 valence electrons. The SMILES string of the molecule is O=C(O/N=C(/Cc1ccccc1)C(F)(F)F)c1cc(C(F)(F)F)cc(C(F)(F)F)c1. The fraction of sp³-hybridized carbons (Fsp3) is 0.222. The van der Waals surface area contributed by atoms with Crippen LogP contribution in [0.5, 0.6) is 0 Å². The highest BCUT2D eigenvalue weighted by atomic mass is 19.4. The van der Waals surface area contributed by atoms with E-state index in [-0.39, 0.29) is 23.8 Å². The normalized spacial score (nSPS) is 13.3. The van der Waals surface area contributed by atoms with Gasteiger partial charge in [0.05, 0.1) is 16.7 Å². The van der Waals surface area contributed by atoms with Gasteiger partial charge in [0.1, 0.15) is 0 Å². The fourth-order valence-corrected chi connectivity index (χ4v) is 2.20. The largest absolute Gasteiger partial charge is 0.433 e. The van der Waals surface area contributed by atoms with Crippen LogP contribution in [0.1, 0.15) is 27.0 Å². The second-order valence-electron chi connectivity index (χ2n) is 5.87. The number of hydrogen-bond donors (Lipinski definition) is 0. The summed E-state index contributed by atoms with van der Waals surface area (Å²) in [6, 6.07) is 6.82. The summed E-state index contributed by atoms with van der Waals surface area (Å²) in [6.45, 7) is 0. The molecule has 0 amide bonds. The van der Waals surface area contributed by atoms with Crippen molar-refractivity contribution in [1.29, 1.82) is 0 Å². The number of carbonyl (C=O) groups excluding carboxylic acids is 1. The summed E-state index contributed by atoms with van der Waals surface area (Å²) in [7, 11) is 0. The molecule has 0 saturated heterocycles. The minimum absolute atomic E-state index is 0.0253. The summed E-state index contributed by atoms with van der Waals surface area (Å²) in [5, 5.41) is 2.63. The third kappa shape index (κ3) is 6.22. The molecule has 3 nitrogen and oxygen atoms in total. The summed E-state index contributed by atoms with van der Waals surface area (Å²) in [6.07, 6.45) is -16.4. The van der Waals surface area contributed by atoms with Crippen molar-refractivity contribution in [2.45, 2.75) is 24.9 Å². The lowest BCUT2D eigenvalue weighted by molar-refractivity contribution is -0.143. The summed E-state index contributed by atoms with van der Waals surface area (Å²) < 4.78 is 116. The monoisotopic (exact) mass is 443 g/mol. The minimum Gasteiger partial charge on any atom is -0.313 e. The molecule has 0 fully saturated rings. The third-order valence-corrected chi connectivity index (χ3v) is 3.60. The second-order valence-corrected chi connectivity index (χ2v) is 5.87. The Labute approximate surface area is 162 Å².